The summed E-state index contributed by atoms with van der Waals surface area (Å²) >= 11 is 0. The third-order valence-electron chi connectivity index (χ3n) is 4.07. The van der Waals surface area contributed by atoms with Crippen LogP contribution in [0.15, 0.2) is 66.7 Å². The molecule has 0 aliphatic heterocycles. The highest BCUT2D eigenvalue weighted by Gasteiger charge is 2.13. The zero-order valence-corrected chi connectivity index (χ0v) is 18.5. The van der Waals surface area contributed by atoms with E-state index < -0.39 is 16.2 Å². The first kappa shape index (κ1) is 24.4. The van der Waals surface area contributed by atoms with E-state index >= 15 is 0 Å². The molecule has 0 bridgehead atoms. The third kappa shape index (κ3) is 8.77. The van der Waals surface area contributed by atoms with Gasteiger partial charge in [0.25, 0.3) is 10.1 Å². The fourth-order valence-electron chi connectivity index (χ4n) is 2.50. The molecule has 8 heteroatoms. The van der Waals surface area contributed by atoms with E-state index in [2.05, 4.69) is 0 Å². The molecule has 0 aliphatic rings. The van der Waals surface area contributed by atoms with Crippen LogP contribution in [0.4, 0.5) is 0 Å². The monoisotopic (exact) mass is 445 g/mol. The van der Waals surface area contributed by atoms with Crippen molar-refractivity contribution >= 4 is 10.1 Å². The lowest BCUT2D eigenvalue weighted by Gasteiger charge is -2.16. The molecule has 7 nitrogen and oxygen atoms in total. The highest BCUT2D eigenvalue weighted by molar-refractivity contribution is 7.85. The fourth-order valence-corrected chi connectivity index (χ4v) is 2.50. The molecule has 166 valence electrons. The van der Waals surface area contributed by atoms with Crippen molar-refractivity contribution in [1.29, 1.82) is 0 Å². The SMILES string of the molecule is CS(=O)(=O)O.Cc1ccc(Oc2ccc(C(O)CN)cc2Oc2ccc(C)cc2)cc1. The van der Waals surface area contributed by atoms with Crippen LogP contribution in [0.1, 0.15) is 22.8 Å². The smallest absolute Gasteiger partial charge is 0.261 e. The number of benzene rings is 3. The summed E-state index contributed by atoms with van der Waals surface area (Å²) in [6.45, 7) is 4.19. The van der Waals surface area contributed by atoms with E-state index in [0.717, 1.165) is 16.9 Å². The number of nitrogens with two attached hydrogens (primary N) is 1. The van der Waals surface area contributed by atoms with Crippen molar-refractivity contribution in [3.63, 3.8) is 0 Å². The van der Waals surface area contributed by atoms with Crippen LogP contribution in [0.5, 0.6) is 23.0 Å². The van der Waals surface area contributed by atoms with Gasteiger partial charge in [-0.25, -0.2) is 0 Å². The summed E-state index contributed by atoms with van der Waals surface area (Å²) in [5, 5.41) is 10.0. The summed E-state index contributed by atoms with van der Waals surface area (Å²) in [5.41, 5.74) is 8.58. The zero-order chi connectivity index (χ0) is 23.0. The van der Waals surface area contributed by atoms with E-state index in [4.69, 9.17) is 19.8 Å². The van der Waals surface area contributed by atoms with Crippen LogP contribution >= 0.6 is 0 Å². The molecule has 0 amide bonds. The maximum atomic E-state index is 10.0. The van der Waals surface area contributed by atoms with Crippen LogP contribution in [0.25, 0.3) is 0 Å². The lowest BCUT2D eigenvalue weighted by atomic mass is 10.1. The molecule has 0 radical (unpaired) electrons. The minimum absolute atomic E-state index is 0.141. The van der Waals surface area contributed by atoms with Crippen LogP contribution in [0.3, 0.4) is 0 Å². The topological polar surface area (TPSA) is 119 Å². The molecule has 0 heterocycles. The van der Waals surface area contributed by atoms with Gasteiger partial charge in [0.2, 0.25) is 0 Å². The van der Waals surface area contributed by atoms with Gasteiger partial charge in [-0.05, 0) is 55.8 Å². The Morgan fingerprint density at radius 3 is 1.68 bits per heavy atom. The molecule has 1 atom stereocenters. The minimum atomic E-state index is -3.67. The molecule has 0 saturated heterocycles. The molecular weight excluding hydrogens is 418 g/mol. The highest BCUT2D eigenvalue weighted by atomic mass is 32.2. The second-order valence-corrected chi connectivity index (χ2v) is 8.49. The first-order valence-corrected chi connectivity index (χ1v) is 11.3. The predicted molar refractivity (Wildman–Crippen MR) is 120 cm³/mol. The Labute approximate surface area is 182 Å². The van der Waals surface area contributed by atoms with Crippen LogP contribution in [0.2, 0.25) is 0 Å². The van der Waals surface area contributed by atoms with Gasteiger partial charge in [-0.1, -0.05) is 41.5 Å². The van der Waals surface area contributed by atoms with Crippen LogP contribution in [-0.2, 0) is 10.1 Å². The van der Waals surface area contributed by atoms with Gasteiger partial charge in [0, 0.05) is 6.54 Å². The van der Waals surface area contributed by atoms with Crippen molar-refractivity contribution in [1.82, 2.24) is 0 Å². The molecule has 31 heavy (non-hydrogen) atoms. The summed E-state index contributed by atoms with van der Waals surface area (Å²) in [7, 11) is -3.67. The van der Waals surface area contributed by atoms with Crippen molar-refractivity contribution in [3.8, 4) is 23.0 Å². The van der Waals surface area contributed by atoms with E-state index in [0.29, 0.717) is 29.1 Å². The fraction of sp³-hybridized carbons (Fsp3) is 0.217. The molecule has 0 aromatic heterocycles. The normalized spacial score (nSPS) is 11.8. The molecule has 3 aromatic rings. The third-order valence-corrected chi connectivity index (χ3v) is 4.07. The van der Waals surface area contributed by atoms with Gasteiger partial charge in [-0.15, -0.1) is 0 Å². The van der Waals surface area contributed by atoms with Crippen molar-refractivity contribution in [2.45, 2.75) is 20.0 Å². The van der Waals surface area contributed by atoms with Crippen LogP contribution < -0.4 is 15.2 Å². The van der Waals surface area contributed by atoms with Crippen molar-refractivity contribution in [3.05, 3.63) is 83.4 Å². The first-order valence-electron chi connectivity index (χ1n) is 9.48. The van der Waals surface area contributed by atoms with Crippen LogP contribution in [-0.4, -0.2) is 30.9 Å². The Morgan fingerprint density at radius 1 is 0.839 bits per heavy atom. The van der Waals surface area contributed by atoms with Crippen LogP contribution in [0, 0.1) is 13.8 Å². The zero-order valence-electron chi connectivity index (χ0n) is 17.6. The molecule has 4 N–H and O–H groups in total. The summed E-state index contributed by atoms with van der Waals surface area (Å²) in [4.78, 5) is 0. The van der Waals surface area contributed by atoms with Gasteiger partial charge in [0.1, 0.15) is 11.5 Å². The number of aliphatic hydroxyl groups excluding tert-OH is 1. The van der Waals surface area contributed by atoms with Crippen molar-refractivity contribution in [2.24, 2.45) is 5.73 Å². The average molecular weight is 446 g/mol. The van der Waals surface area contributed by atoms with E-state index in [-0.39, 0.29) is 6.54 Å². The summed E-state index contributed by atoms with van der Waals surface area (Å²) in [6.07, 6.45) is -0.0312. The standard InChI is InChI=1S/C22H23NO3.CH4O3S/c1-15-3-8-18(9-4-15)25-21-12-7-17(20(24)14-23)13-22(21)26-19-10-5-16(2)6-11-19;1-5(2,3)4/h3-13,20,24H,14,23H2,1-2H3;1H3,(H,2,3,4). The number of aryl methyl sites for hydroxylation is 2. The lowest BCUT2D eigenvalue weighted by molar-refractivity contribution is 0.186. The lowest BCUT2D eigenvalue weighted by Crippen LogP contribution is -2.11. The molecule has 3 aromatic carbocycles. The summed E-state index contributed by atoms with van der Waals surface area (Å²) < 4.78 is 37.9. The predicted octanol–water partition coefficient (Wildman–Crippen LogP) is 4.38. The number of rotatable bonds is 6. The van der Waals surface area contributed by atoms with Gasteiger partial charge < -0.3 is 20.3 Å². The summed E-state index contributed by atoms with van der Waals surface area (Å²) in [5.74, 6) is 2.52. The Hall–Kier alpha value is -2.91. The number of aliphatic hydroxyl groups is 1. The summed E-state index contributed by atoms with van der Waals surface area (Å²) in [6, 6.07) is 20.9. The van der Waals surface area contributed by atoms with Gasteiger partial charge in [0.15, 0.2) is 11.5 Å². The maximum Gasteiger partial charge on any atom is 0.261 e. The number of hydrogen-bond donors (Lipinski definition) is 3. The van der Waals surface area contributed by atoms with E-state index in [9.17, 15) is 13.5 Å². The molecule has 0 spiro atoms. The highest BCUT2D eigenvalue weighted by Crippen LogP contribution is 2.37. The molecule has 0 saturated carbocycles. The van der Waals surface area contributed by atoms with E-state index in [1.54, 1.807) is 18.2 Å². The Balaban J connectivity index is 0.000000614. The number of hydrogen-bond acceptors (Lipinski definition) is 6. The Bertz CT molecular complexity index is 1070. The van der Waals surface area contributed by atoms with E-state index in [1.807, 2.05) is 62.4 Å². The molecule has 0 fully saturated rings. The molecule has 1 unspecified atom stereocenters. The average Bonchev–Trinajstić information content (AvgIpc) is 2.71. The van der Waals surface area contributed by atoms with Gasteiger partial charge in [-0.2, -0.15) is 8.42 Å². The first-order chi connectivity index (χ1) is 14.5. The van der Waals surface area contributed by atoms with Gasteiger partial charge in [-0.3, -0.25) is 4.55 Å². The Morgan fingerprint density at radius 2 is 1.26 bits per heavy atom. The van der Waals surface area contributed by atoms with Crippen molar-refractivity contribution < 1.29 is 27.6 Å². The van der Waals surface area contributed by atoms with E-state index in [1.165, 1.54) is 0 Å². The second kappa shape index (κ2) is 10.9. The molecule has 0 aliphatic carbocycles. The minimum Gasteiger partial charge on any atom is -0.453 e. The largest absolute Gasteiger partial charge is 0.453 e. The maximum absolute atomic E-state index is 10.0. The van der Waals surface area contributed by atoms with Gasteiger partial charge in [0.05, 0.1) is 12.4 Å². The Kier molecular flexibility index (Phi) is 8.58. The van der Waals surface area contributed by atoms with Crippen molar-refractivity contribution in [2.75, 3.05) is 12.8 Å². The van der Waals surface area contributed by atoms with Gasteiger partial charge >= 0.3 is 0 Å². The molecular formula is C23H27NO6S. The molecule has 3 rings (SSSR count). The number of ether oxygens (including phenoxy) is 2. The quantitative estimate of drug-likeness (QED) is 0.482. The second-order valence-electron chi connectivity index (χ2n) is 7.02.